The number of piperidine rings is 1. The lowest BCUT2D eigenvalue weighted by Crippen LogP contribution is -2.33. The van der Waals surface area contributed by atoms with E-state index in [0.717, 1.165) is 6.54 Å². The number of nitrogens with zero attached hydrogens (tertiary/aromatic N) is 1. The second-order valence-electron chi connectivity index (χ2n) is 5.60. The topological polar surface area (TPSA) is 15.3 Å². The minimum absolute atomic E-state index is 1.06. The number of likely N-dealkylation sites (tertiary alicyclic amines) is 1. The van der Waals surface area contributed by atoms with Crippen molar-refractivity contribution in [1.82, 2.24) is 4.90 Å². The standard InChI is InChI=1S/C16H26N2/c1-13-11-14(2)16(15(3)12-13)17-7-10-18-8-5-4-6-9-18/h11-12,17H,4-10H2,1-3H3. The zero-order chi connectivity index (χ0) is 13.0. The van der Waals surface area contributed by atoms with Gasteiger partial charge in [-0.05, 0) is 57.8 Å². The zero-order valence-electron chi connectivity index (χ0n) is 12.1. The van der Waals surface area contributed by atoms with E-state index in [4.69, 9.17) is 0 Å². The predicted octanol–water partition coefficient (Wildman–Crippen LogP) is 3.51. The Morgan fingerprint density at radius 3 is 2.22 bits per heavy atom. The highest BCUT2D eigenvalue weighted by Crippen LogP contribution is 2.21. The molecule has 1 aliphatic heterocycles. The van der Waals surface area contributed by atoms with Gasteiger partial charge < -0.3 is 10.2 Å². The molecule has 18 heavy (non-hydrogen) atoms. The van der Waals surface area contributed by atoms with Gasteiger partial charge in [-0.25, -0.2) is 0 Å². The van der Waals surface area contributed by atoms with Crippen LogP contribution in [0.15, 0.2) is 12.1 Å². The van der Waals surface area contributed by atoms with Crippen LogP contribution in [0.3, 0.4) is 0 Å². The number of rotatable bonds is 4. The van der Waals surface area contributed by atoms with Crippen molar-refractivity contribution in [3.63, 3.8) is 0 Å². The van der Waals surface area contributed by atoms with E-state index >= 15 is 0 Å². The van der Waals surface area contributed by atoms with Gasteiger partial charge >= 0.3 is 0 Å². The first-order valence-electron chi connectivity index (χ1n) is 7.21. The van der Waals surface area contributed by atoms with E-state index in [1.54, 1.807) is 0 Å². The largest absolute Gasteiger partial charge is 0.383 e. The van der Waals surface area contributed by atoms with Crippen LogP contribution >= 0.6 is 0 Å². The van der Waals surface area contributed by atoms with Crippen LogP contribution in [0.25, 0.3) is 0 Å². The summed E-state index contributed by atoms with van der Waals surface area (Å²) in [7, 11) is 0. The van der Waals surface area contributed by atoms with Crippen molar-refractivity contribution in [1.29, 1.82) is 0 Å². The molecular formula is C16H26N2. The fourth-order valence-electron chi connectivity index (χ4n) is 2.98. The fourth-order valence-corrected chi connectivity index (χ4v) is 2.98. The van der Waals surface area contributed by atoms with Crippen molar-refractivity contribution >= 4 is 5.69 Å². The summed E-state index contributed by atoms with van der Waals surface area (Å²) in [6.07, 6.45) is 4.17. The Balaban J connectivity index is 1.86. The molecule has 0 radical (unpaired) electrons. The molecule has 2 nitrogen and oxygen atoms in total. The number of benzene rings is 1. The Morgan fingerprint density at radius 1 is 1.00 bits per heavy atom. The van der Waals surface area contributed by atoms with E-state index in [1.807, 2.05) is 0 Å². The first kappa shape index (κ1) is 13.4. The molecule has 2 rings (SSSR count). The monoisotopic (exact) mass is 246 g/mol. The zero-order valence-corrected chi connectivity index (χ0v) is 12.1. The summed E-state index contributed by atoms with van der Waals surface area (Å²) < 4.78 is 0. The van der Waals surface area contributed by atoms with Crippen LogP contribution in [-0.2, 0) is 0 Å². The van der Waals surface area contributed by atoms with E-state index in [9.17, 15) is 0 Å². The molecule has 1 heterocycles. The van der Waals surface area contributed by atoms with E-state index in [0.29, 0.717) is 0 Å². The van der Waals surface area contributed by atoms with Crippen molar-refractivity contribution in [2.75, 3.05) is 31.5 Å². The van der Waals surface area contributed by atoms with Crippen LogP contribution in [0, 0.1) is 20.8 Å². The van der Waals surface area contributed by atoms with Gasteiger partial charge in [0.15, 0.2) is 0 Å². The van der Waals surface area contributed by atoms with E-state index in [-0.39, 0.29) is 0 Å². The molecule has 1 fully saturated rings. The summed E-state index contributed by atoms with van der Waals surface area (Å²) in [6.45, 7) is 11.4. The molecule has 1 saturated heterocycles. The van der Waals surface area contributed by atoms with Crippen LogP contribution in [0.1, 0.15) is 36.0 Å². The van der Waals surface area contributed by atoms with Gasteiger partial charge in [-0.1, -0.05) is 24.1 Å². The van der Waals surface area contributed by atoms with Gasteiger partial charge in [0.2, 0.25) is 0 Å². The van der Waals surface area contributed by atoms with Crippen LogP contribution in [0.4, 0.5) is 5.69 Å². The Labute approximate surface area is 111 Å². The van der Waals surface area contributed by atoms with Gasteiger partial charge in [-0.2, -0.15) is 0 Å². The molecule has 2 heteroatoms. The summed E-state index contributed by atoms with van der Waals surface area (Å²) in [4.78, 5) is 2.58. The summed E-state index contributed by atoms with van der Waals surface area (Å²) >= 11 is 0. The number of hydrogen-bond donors (Lipinski definition) is 1. The second kappa shape index (κ2) is 6.24. The van der Waals surface area contributed by atoms with E-state index in [1.165, 1.54) is 61.3 Å². The van der Waals surface area contributed by atoms with Crippen molar-refractivity contribution in [2.24, 2.45) is 0 Å². The first-order chi connectivity index (χ1) is 8.66. The van der Waals surface area contributed by atoms with Gasteiger partial charge in [-0.15, -0.1) is 0 Å². The molecule has 0 amide bonds. The molecule has 1 N–H and O–H groups in total. The molecule has 1 aliphatic rings. The van der Waals surface area contributed by atoms with Crippen LogP contribution < -0.4 is 5.32 Å². The molecular weight excluding hydrogens is 220 g/mol. The minimum Gasteiger partial charge on any atom is -0.383 e. The number of nitrogens with one attached hydrogen (secondary N) is 1. The third-order valence-electron chi connectivity index (χ3n) is 3.86. The highest BCUT2D eigenvalue weighted by Gasteiger charge is 2.09. The quantitative estimate of drug-likeness (QED) is 0.874. The van der Waals surface area contributed by atoms with Gasteiger partial charge in [0.1, 0.15) is 0 Å². The first-order valence-corrected chi connectivity index (χ1v) is 7.21. The van der Waals surface area contributed by atoms with Crippen molar-refractivity contribution in [3.05, 3.63) is 28.8 Å². The number of aryl methyl sites for hydroxylation is 3. The number of anilines is 1. The second-order valence-corrected chi connectivity index (χ2v) is 5.60. The lowest BCUT2D eigenvalue weighted by molar-refractivity contribution is 0.237. The molecule has 0 aliphatic carbocycles. The highest BCUT2D eigenvalue weighted by molar-refractivity contribution is 5.58. The molecule has 0 aromatic heterocycles. The predicted molar refractivity (Wildman–Crippen MR) is 79.4 cm³/mol. The molecule has 0 unspecified atom stereocenters. The fraction of sp³-hybridized carbons (Fsp3) is 0.625. The van der Waals surface area contributed by atoms with Crippen molar-refractivity contribution in [3.8, 4) is 0 Å². The molecule has 0 saturated carbocycles. The van der Waals surface area contributed by atoms with Crippen molar-refractivity contribution in [2.45, 2.75) is 40.0 Å². The van der Waals surface area contributed by atoms with Crippen molar-refractivity contribution < 1.29 is 0 Å². The van der Waals surface area contributed by atoms with Gasteiger partial charge in [-0.3, -0.25) is 0 Å². The Hall–Kier alpha value is -1.02. The molecule has 100 valence electrons. The molecule has 0 atom stereocenters. The van der Waals surface area contributed by atoms with Gasteiger partial charge in [0.25, 0.3) is 0 Å². The van der Waals surface area contributed by atoms with Crippen LogP contribution in [0.2, 0.25) is 0 Å². The smallest absolute Gasteiger partial charge is 0.0400 e. The maximum atomic E-state index is 3.61. The average molecular weight is 246 g/mol. The lowest BCUT2D eigenvalue weighted by atomic mass is 10.1. The molecule has 1 aromatic rings. The van der Waals surface area contributed by atoms with E-state index in [2.05, 4.69) is 43.1 Å². The van der Waals surface area contributed by atoms with E-state index < -0.39 is 0 Å². The number of hydrogen-bond acceptors (Lipinski definition) is 2. The molecule has 0 bridgehead atoms. The van der Waals surface area contributed by atoms with Crippen LogP contribution in [-0.4, -0.2) is 31.1 Å². The normalized spacial score (nSPS) is 16.8. The Bertz CT molecular complexity index is 369. The third-order valence-corrected chi connectivity index (χ3v) is 3.86. The average Bonchev–Trinajstić information content (AvgIpc) is 2.34. The third kappa shape index (κ3) is 3.49. The molecule has 0 spiro atoms. The minimum atomic E-state index is 1.06. The Morgan fingerprint density at radius 2 is 1.61 bits per heavy atom. The summed E-state index contributed by atoms with van der Waals surface area (Å²) in [5, 5.41) is 3.61. The highest BCUT2D eigenvalue weighted by atomic mass is 15.1. The SMILES string of the molecule is Cc1cc(C)c(NCCN2CCCCC2)c(C)c1. The summed E-state index contributed by atoms with van der Waals surface area (Å²) in [5.74, 6) is 0. The van der Waals surface area contributed by atoms with Gasteiger partial charge in [0, 0.05) is 18.8 Å². The summed E-state index contributed by atoms with van der Waals surface area (Å²) in [6, 6.07) is 4.52. The van der Waals surface area contributed by atoms with Gasteiger partial charge in [0.05, 0.1) is 0 Å². The maximum Gasteiger partial charge on any atom is 0.0400 e. The summed E-state index contributed by atoms with van der Waals surface area (Å²) in [5.41, 5.74) is 5.42. The molecule has 1 aromatic carbocycles. The van der Waals surface area contributed by atoms with Crippen LogP contribution in [0.5, 0.6) is 0 Å². The maximum absolute atomic E-state index is 3.61. The Kier molecular flexibility index (Phi) is 4.65. The lowest BCUT2D eigenvalue weighted by Gasteiger charge is -2.26.